The third-order valence-electron chi connectivity index (χ3n) is 3.38. The van der Waals surface area contributed by atoms with Crippen molar-refractivity contribution in [1.29, 1.82) is 0 Å². The van der Waals surface area contributed by atoms with Gasteiger partial charge in [0.05, 0.1) is 7.11 Å². The molecular formula is C13H20N2O3S. The van der Waals surface area contributed by atoms with Gasteiger partial charge in [-0.1, -0.05) is 12.8 Å². The molecule has 0 atom stereocenters. The van der Waals surface area contributed by atoms with Gasteiger partial charge in [0.25, 0.3) is 0 Å². The summed E-state index contributed by atoms with van der Waals surface area (Å²) in [5.41, 5.74) is 7.03. The Balaban J connectivity index is 2.19. The highest BCUT2D eigenvalue weighted by atomic mass is 32.2. The van der Waals surface area contributed by atoms with Gasteiger partial charge in [-0.3, -0.25) is 0 Å². The highest BCUT2D eigenvalue weighted by Crippen LogP contribution is 2.32. The van der Waals surface area contributed by atoms with Gasteiger partial charge in [0, 0.05) is 12.2 Å². The van der Waals surface area contributed by atoms with Crippen LogP contribution >= 0.6 is 0 Å². The van der Waals surface area contributed by atoms with Crippen LogP contribution in [0.1, 0.15) is 24.8 Å². The van der Waals surface area contributed by atoms with Crippen molar-refractivity contribution in [3.63, 3.8) is 0 Å². The average Bonchev–Trinajstić information content (AvgIpc) is 3.15. The summed E-state index contributed by atoms with van der Waals surface area (Å²) >= 11 is 0. The number of ether oxygens (including phenoxy) is 1. The van der Waals surface area contributed by atoms with E-state index in [0.29, 0.717) is 23.9 Å². The van der Waals surface area contributed by atoms with Crippen LogP contribution < -0.4 is 15.2 Å². The fraction of sp³-hybridized carbons (Fsp3) is 0.538. The van der Waals surface area contributed by atoms with E-state index in [1.165, 1.54) is 26.0 Å². The minimum Gasteiger partial charge on any atom is -0.495 e. The standard InChI is InChI=1S/C13H20N2O3S/c1-9-7-12(18-2)13(8-11(9)14)19(16,17)15-6-5-10-3-4-10/h7-8,10,15H,3-6,14H2,1-2H3. The number of benzene rings is 1. The molecule has 106 valence electrons. The van der Waals surface area contributed by atoms with Crippen molar-refractivity contribution < 1.29 is 13.2 Å². The molecule has 0 radical (unpaired) electrons. The van der Waals surface area contributed by atoms with Gasteiger partial charge in [0.1, 0.15) is 10.6 Å². The molecule has 0 spiro atoms. The van der Waals surface area contributed by atoms with E-state index >= 15 is 0 Å². The minimum absolute atomic E-state index is 0.105. The molecule has 1 aliphatic rings. The molecule has 5 nitrogen and oxygen atoms in total. The summed E-state index contributed by atoms with van der Waals surface area (Å²) < 4.78 is 32.2. The Hall–Kier alpha value is -1.27. The normalized spacial score (nSPS) is 15.5. The molecule has 1 aromatic rings. The van der Waals surface area contributed by atoms with E-state index < -0.39 is 10.0 Å². The van der Waals surface area contributed by atoms with Gasteiger partial charge in [0.2, 0.25) is 10.0 Å². The predicted octanol–water partition coefficient (Wildman–Crippen LogP) is 1.66. The van der Waals surface area contributed by atoms with E-state index in [1.807, 2.05) is 6.92 Å². The Morgan fingerprint density at radius 3 is 2.68 bits per heavy atom. The third kappa shape index (κ3) is 3.39. The van der Waals surface area contributed by atoms with Crippen LogP contribution in [0.25, 0.3) is 0 Å². The number of nitrogen functional groups attached to an aromatic ring is 1. The van der Waals surface area contributed by atoms with E-state index in [0.717, 1.165) is 12.0 Å². The Morgan fingerprint density at radius 2 is 2.11 bits per heavy atom. The monoisotopic (exact) mass is 284 g/mol. The molecule has 1 aromatic carbocycles. The van der Waals surface area contributed by atoms with E-state index in [9.17, 15) is 8.42 Å². The molecule has 2 rings (SSSR count). The van der Waals surface area contributed by atoms with Crippen LogP contribution in [-0.4, -0.2) is 22.1 Å². The van der Waals surface area contributed by atoms with E-state index in [2.05, 4.69) is 4.72 Å². The number of hydrogen-bond donors (Lipinski definition) is 2. The summed E-state index contributed by atoms with van der Waals surface area (Å²) in [6.45, 7) is 2.28. The molecule has 0 unspecified atom stereocenters. The van der Waals surface area contributed by atoms with Crippen LogP contribution in [0.15, 0.2) is 17.0 Å². The molecule has 0 heterocycles. The quantitative estimate of drug-likeness (QED) is 0.778. The second-order valence-electron chi connectivity index (χ2n) is 4.99. The minimum atomic E-state index is -3.57. The molecule has 1 saturated carbocycles. The van der Waals surface area contributed by atoms with Gasteiger partial charge in [-0.15, -0.1) is 0 Å². The van der Waals surface area contributed by atoms with Crippen molar-refractivity contribution in [3.8, 4) is 5.75 Å². The molecular weight excluding hydrogens is 264 g/mol. The van der Waals surface area contributed by atoms with Crippen LogP contribution in [0.3, 0.4) is 0 Å². The number of nitrogens with one attached hydrogen (secondary N) is 1. The lowest BCUT2D eigenvalue weighted by molar-refractivity contribution is 0.402. The maximum atomic E-state index is 12.2. The maximum absolute atomic E-state index is 12.2. The van der Waals surface area contributed by atoms with Gasteiger partial charge in [-0.25, -0.2) is 13.1 Å². The van der Waals surface area contributed by atoms with Gasteiger partial charge in [0.15, 0.2) is 0 Å². The predicted molar refractivity (Wildman–Crippen MR) is 74.7 cm³/mol. The molecule has 0 aliphatic heterocycles. The fourth-order valence-corrected chi connectivity index (χ4v) is 3.16. The highest BCUT2D eigenvalue weighted by molar-refractivity contribution is 7.89. The maximum Gasteiger partial charge on any atom is 0.244 e. The molecule has 0 saturated heterocycles. The third-order valence-corrected chi connectivity index (χ3v) is 4.87. The van der Waals surface area contributed by atoms with Gasteiger partial charge < -0.3 is 10.5 Å². The van der Waals surface area contributed by atoms with Crippen molar-refractivity contribution in [3.05, 3.63) is 17.7 Å². The summed E-state index contributed by atoms with van der Waals surface area (Å²) in [6.07, 6.45) is 3.31. The van der Waals surface area contributed by atoms with Gasteiger partial charge in [-0.2, -0.15) is 0 Å². The number of rotatable bonds is 6. The second-order valence-corrected chi connectivity index (χ2v) is 6.72. The molecule has 1 aliphatic carbocycles. The van der Waals surface area contributed by atoms with Gasteiger partial charge >= 0.3 is 0 Å². The lowest BCUT2D eigenvalue weighted by Gasteiger charge is -2.13. The molecule has 0 amide bonds. The summed E-state index contributed by atoms with van der Waals surface area (Å²) in [4.78, 5) is 0.105. The smallest absolute Gasteiger partial charge is 0.244 e. The van der Waals surface area contributed by atoms with Crippen LogP contribution in [0, 0.1) is 12.8 Å². The van der Waals surface area contributed by atoms with Crippen molar-refractivity contribution in [2.75, 3.05) is 19.4 Å². The lowest BCUT2D eigenvalue weighted by atomic mass is 10.2. The molecule has 0 bridgehead atoms. The van der Waals surface area contributed by atoms with Crippen molar-refractivity contribution in [2.24, 2.45) is 5.92 Å². The van der Waals surface area contributed by atoms with Crippen molar-refractivity contribution in [1.82, 2.24) is 4.72 Å². The summed E-state index contributed by atoms with van der Waals surface area (Å²) in [6, 6.07) is 3.10. The zero-order valence-corrected chi connectivity index (χ0v) is 12.1. The summed E-state index contributed by atoms with van der Waals surface area (Å²) in [5, 5.41) is 0. The second kappa shape index (κ2) is 5.38. The van der Waals surface area contributed by atoms with Crippen molar-refractivity contribution in [2.45, 2.75) is 31.1 Å². The Bertz CT molecular complexity index is 565. The number of methoxy groups -OCH3 is 1. The number of nitrogens with two attached hydrogens (primary N) is 1. The van der Waals surface area contributed by atoms with E-state index in [-0.39, 0.29) is 4.90 Å². The van der Waals surface area contributed by atoms with E-state index in [4.69, 9.17) is 10.5 Å². The average molecular weight is 284 g/mol. The van der Waals surface area contributed by atoms with Gasteiger partial charge in [-0.05, 0) is 37.0 Å². The zero-order valence-electron chi connectivity index (χ0n) is 11.3. The number of hydrogen-bond acceptors (Lipinski definition) is 4. The van der Waals surface area contributed by atoms with Crippen LogP contribution in [0.2, 0.25) is 0 Å². The number of sulfonamides is 1. The Labute approximate surface area is 114 Å². The molecule has 6 heteroatoms. The summed E-state index contributed by atoms with van der Waals surface area (Å²) in [5.74, 6) is 1.01. The molecule has 19 heavy (non-hydrogen) atoms. The summed E-state index contributed by atoms with van der Waals surface area (Å²) in [7, 11) is -2.11. The van der Waals surface area contributed by atoms with Crippen LogP contribution in [0.4, 0.5) is 5.69 Å². The zero-order chi connectivity index (χ0) is 14.0. The highest BCUT2D eigenvalue weighted by Gasteiger charge is 2.24. The molecule has 3 N–H and O–H groups in total. The Kier molecular flexibility index (Phi) is 4.01. The number of anilines is 1. The first kappa shape index (κ1) is 14.1. The SMILES string of the molecule is COc1cc(C)c(N)cc1S(=O)(=O)NCCC1CC1. The molecule has 0 aromatic heterocycles. The lowest BCUT2D eigenvalue weighted by Crippen LogP contribution is -2.25. The number of aryl methyl sites for hydroxylation is 1. The first-order valence-electron chi connectivity index (χ1n) is 6.38. The van der Waals surface area contributed by atoms with Crippen molar-refractivity contribution >= 4 is 15.7 Å². The molecule has 1 fully saturated rings. The topological polar surface area (TPSA) is 81.4 Å². The fourth-order valence-electron chi connectivity index (χ4n) is 1.93. The van der Waals surface area contributed by atoms with E-state index in [1.54, 1.807) is 6.07 Å². The largest absolute Gasteiger partial charge is 0.495 e. The Morgan fingerprint density at radius 1 is 1.42 bits per heavy atom. The van der Waals surface area contributed by atoms with Crippen LogP contribution in [0.5, 0.6) is 5.75 Å². The van der Waals surface area contributed by atoms with Crippen LogP contribution in [-0.2, 0) is 10.0 Å². The first-order chi connectivity index (χ1) is 8.94. The first-order valence-corrected chi connectivity index (χ1v) is 7.86.